The van der Waals surface area contributed by atoms with Gasteiger partial charge in [0.15, 0.2) is 0 Å². The van der Waals surface area contributed by atoms with Crippen molar-refractivity contribution >= 4 is 0 Å². The number of rotatable bonds is 8. The Balaban J connectivity index is 1.93. The van der Waals surface area contributed by atoms with Crippen molar-refractivity contribution in [2.45, 2.75) is 26.3 Å². The lowest BCUT2D eigenvalue weighted by atomic mass is 10.4. The summed E-state index contributed by atoms with van der Waals surface area (Å²) in [5, 5.41) is 11.1. The highest BCUT2D eigenvalue weighted by molar-refractivity contribution is 4.90. The van der Waals surface area contributed by atoms with Gasteiger partial charge in [-0.3, -0.25) is 4.68 Å². The highest BCUT2D eigenvalue weighted by Gasteiger charge is 1.96. The van der Waals surface area contributed by atoms with Crippen LogP contribution in [0.2, 0.25) is 0 Å². The molecule has 1 aromatic heterocycles. The van der Waals surface area contributed by atoms with Crippen LogP contribution in [0.5, 0.6) is 0 Å². The Hall–Kier alpha value is -0.940. The van der Waals surface area contributed by atoms with Crippen molar-refractivity contribution in [1.29, 1.82) is 0 Å². The van der Waals surface area contributed by atoms with Crippen LogP contribution >= 0.6 is 0 Å². The second-order valence-electron chi connectivity index (χ2n) is 3.53. The SMILES string of the molecule is CCCOCCCNCc1cn(C)nn1. The Kier molecular flexibility index (Phi) is 5.96. The fourth-order valence-electron chi connectivity index (χ4n) is 1.24. The number of aryl methyl sites for hydroxylation is 1. The van der Waals surface area contributed by atoms with Gasteiger partial charge in [-0.2, -0.15) is 0 Å². The van der Waals surface area contributed by atoms with Crippen LogP contribution in [0.4, 0.5) is 0 Å². The van der Waals surface area contributed by atoms with Crippen LogP contribution in [0.3, 0.4) is 0 Å². The summed E-state index contributed by atoms with van der Waals surface area (Å²) in [7, 11) is 1.87. The molecule has 0 radical (unpaired) electrons. The smallest absolute Gasteiger partial charge is 0.0964 e. The van der Waals surface area contributed by atoms with Gasteiger partial charge in [0.05, 0.1) is 5.69 Å². The third-order valence-electron chi connectivity index (χ3n) is 1.95. The molecule has 0 aliphatic heterocycles. The van der Waals surface area contributed by atoms with E-state index < -0.39 is 0 Å². The molecule has 5 nitrogen and oxygen atoms in total. The van der Waals surface area contributed by atoms with Gasteiger partial charge in [-0.25, -0.2) is 0 Å². The predicted molar refractivity (Wildman–Crippen MR) is 58.4 cm³/mol. The van der Waals surface area contributed by atoms with Gasteiger partial charge in [-0.05, 0) is 19.4 Å². The fourth-order valence-corrected chi connectivity index (χ4v) is 1.24. The summed E-state index contributed by atoms with van der Waals surface area (Å²) in [4.78, 5) is 0. The van der Waals surface area contributed by atoms with E-state index in [1.807, 2.05) is 13.2 Å². The highest BCUT2D eigenvalue weighted by Crippen LogP contribution is 1.90. The van der Waals surface area contributed by atoms with Gasteiger partial charge in [-0.1, -0.05) is 12.1 Å². The first-order valence-corrected chi connectivity index (χ1v) is 5.46. The Morgan fingerprint density at radius 1 is 1.47 bits per heavy atom. The molecule has 0 saturated heterocycles. The summed E-state index contributed by atoms with van der Waals surface area (Å²) in [6, 6.07) is 0. The van der Waals surface area contributed by atoms with E-state index in [4.69, 9.17) is 4.74 Å². The predicted octanol–water partition coefficient (Wildman–Crippen LogP) is 0.721. The zero-order valence-corrected chi connectivity index (χ0v) is 9.57. The molecular formula is C10H20N4O. The van der Waals surface area contributed by atoms with E-state index in [2.05, 4.69) is 22.6 Å². The van der Waals surface area contributed by atoms with Crippen molar-refractivity contribution in [3.05, 3.63) is 11.9 Å². The summed E-state index contributed by atoms with van der Waals surface area (Å²) in [6.07, 6.45) is 4.05. The van der Waals surface area contributed by atoms with E-state index in [1.165, 1.54) is 0 Å². The van der Waals surface area contributed by atoms with Gasteiger partial charge >= 0.3 is 0 Å². The van der Waals surface area contributed by atoms with Crippen LogP contribution in [0.1, 0.15) is 25.5 Å². The van der Waals surface area contributed by atoms with Crippen LogP contribution in [-0.2, 0) is 18.3 Å². The molecule has 0 spiro atoms. The van der Waals surface area contributed by atoms with E-state index in [-0.39, 0.29) is 0 Å². The molecule has 0 fully saturated rings. The largest absolute Gasteiger partial charge is 0.381 e. The van der Waals surface area contributed by atoms with Crippen molar-refractivity contribution in [1.82, 2.24) is 20.3 Å². The molecule has 1 rings (SSSR count). The van der Waals surface area contributed by atoms with E-state index >= 15 is 0 Å². The summed E-state index contributed by atoms with van der Waals surface area (Å²) in [5.41, 5.74) is 0.979. The Morgan fingerprint density at radius 3 is 3.00 bits per heavy atom. The minimum atomic E-state index is 0.779. The molecule has 0 amide bonds. The van der Waals surface area contributed by atoms with Crippen molar-refractivity contribution in [3.63, 3.8) is 0 Å². The van der Waals surface area contributed by atoms with Crippen LogP contribution in [-0.4, -0.2) is 34.8 Å². The van der Waals surface area contributed by atoms with E-state index in [0.717, 1.165) is 44.8 Å². The molecule has 1 aromatic rings. The first kappa shape index (κ1) is 12.1. The summed E-state index contributed by atoms with van der Waals surface area (Å²) in [5.74, 6) is 0. The number of ether oxygens (including phenoxy) is 1. The van der Waals surface area contributed by atoms with Gasteiger partial charge in [0, 0.05) is 33.0 Å². The van der Waals surface area contributed by atoms with E-state index in [1.54, 1.807) is 4.68 Å². The lowest BCUT2D eigenvalue weighted by molar-refractivity contribution is 0.132. The number of hydrogen-bond acceptors (Lipinski definition) is 4. The standard InChI is InChI=1S/C10H20N4O/c1-3-6-15-7-4-5-11-8-10-9-14(2)13-12-10/h9,11H,3-8H2,1-2H3. The van der Waals surface area contributed by atoms with E-state index in [0.29, 0.717) is 0 Å². The van der Waals surface area contributed by atoms with Crippen molar-refractivity contribution in [2.75, 3.05) is 19.8 Å². The van der Waals surface area contributed by atoms with Gasteiger partial charge in [0.25, 0.3) is 0 Å². The second kappa shape index (κ2) is 7.36. The molecular weight excluding hydrogens is 192 g/mol. The first-order chi connectivity index (χ1) is 7.33. The molecule has 15 heavy (non-hydrogen) atoms. The number of aromatic nitrogens is 3. The van der Waals surface area contributed by atoms with Crippen LogP contribution in [0.15, 0.2) is 6.20 Å². The quantitative estimate of drug-likeness (QED) is 0.645. The third kappa shape index (κ3) is 5.49. The minimum absolute atomic E-state index is 0.779. The fraction of sp³-hybridized carbons (Fsp3) is 0.800. The van der Waals surface area contributed by atoms with Crippen LogP contribution < -0.4 is 5.32 Å². The topological polar surface area (TPSA) is 52.0 Å². The number of hydrogen-bond donors (Lipinski definition) is 1. The lowest BCUT2D eigenvalue weighted by Crippen LogP contribution is -2.16. The van der Waals surface area contributed by atoms with Crippen molar-refractivity contribution in [2.24, 2.45) is 7.05 Å². The lowest BCUT2D eigenvalue weighted by Gasteiger charge is -2.03. The van der Waals surface area contributed by atoms with E-state index in [9.17, 15) is 0 Å². The monoisotopic (exact) mass is 212 g/mol. The number of nitrogens with one attached hydrogen (secondary N) is 1. The average Bonchev–Trinajstić information content (AvgIpc) is 2.63. The molecule has 5 heteroatoms. The summed E-state index contributed by atoms with van der Waals surface area (Å²) < 4.78 is 7.08. The minimum Gasteiger partial charge on any atom is -0.381 e. The molecule has 0 aromatic carbocycles. The van der Waals surface area contributed by atoms with Crippen molar-refractivity contribution < 1.29 is 4.74 Å². The third-order valence-corrected chi connectivity index (χ3v) is 1.95. The summed E-state index contributed by atoms with van der Waals surface area (Å²) >= 11 is 0. The van der Waals surface area contributed by atoms with Gasteiger partial charge < -0.3 is 10.1 Å². The molecule has 0 unspecified atom stereocenters. The molecule has 0 aliphatic carbocycles. The van der Waals surface area contributed by atoms with Gasteiger partial charge in [0.1, 0.15) is 0 Å². The van der Waals surface area contributed by atoms with Crippen molar-refractivity contribution in [3.8, 4) is 0 Å². The highest BCUT2D eigenvalue weighted by atomic mass is 16.5. The normalized spacial score (nSPS) is 10.8. The first-order valence-electron chi connectivity index (χ1n) is 5.46. The molecule has 0 bridgehead atoms. The average molecular weight is 212 g/mol. The van der Waals surface area contributed by atoms with Gasteiger partial charge in [0.2, 0.25) is 0 Å². The molecule has 1 N–H and O–H groups in total. The Bertz CT molecular complexity index is 262. The zero-order valence-electron chi connectivity index (χ0n) is 9.57. The Morgan fingerprint density at radius 2 is 2.33 bits per heavy atom. The maximum Gasteiger partial charge on any atom is 0.0964 e. The maximum atomic E-state index is 5.37. The number of nitrogens with zero attached hydrogens (tertiary/aromatic N) is 3. The summed E-state index contributed by atoms with van der Waals surface area (Å²) in [6.45, 7) is 5.56. The van der Waals surface area contributed by atoms with Gasteiger partial charge in [-0.15, -0.1) is 5.10 Å². The molecule has 0 saturated carbocycles. The zero-order chi connectivity index (χ0) is 10.9. The molecule has 0 aliphatic rings. The molecule has 86 valence electrons. The van der Waals surface area contributed by atoms with Crippen LogP contribution in [0, 0.1) is 0 Å². The Labute approximate surface area is 90.8 Å². The van der Waals surface area contributed by atoms with Crippen LogP contribution in [0.25, 0.3) is 0 Å². The second-order valence-corrected chi connectivity index (χ2v) is 3.53. The molecule has 1 heterocycles. The maximum absolute atomic E-state index is 5.37. The molecule has 0 atom stereocenters.